The zero-order valence-corrected chi connectivity index (χ0v) is 12.5. The summed E-state index contributed by atoms with van der Waals surface area (Å²) < 4.78 is 5.16. The molecule has 2 aromatic rings. The van der Waals surface area contributed by atoms with Crippen LogP contribution in [0.4, 0.5) is 0 Å². The van der Waals surface area contributed by atoms with Gasteiger partial charge in [0, 0.05) is 5.92 Å². The topological polar surface area (TPSA) is 75.4 Å². The van der Waals surface area contributed by atoms with Crippen molar-refractivity contribution < 1.29 is 14.3 Å². The van der Waals surface area contributed by atoms with E-state index < -0.39 is 5.60 Å². The van der Waals surface area contributed by atoms with Crippen LogP contribution in [0.3, 0.4) is 0 Å². The van der Waals surface area contributed by atoms with Crippen molar-refractivity contribution >= 4 is 17.2 Å². The van der Waals surface area contributed by atoms with Gasteiger partial charge < -0.3 is 14.8 Å². The number of hydrogen-bond donors (Lipinski definition) is 2. The summed E-state index contributed by atoms with van der Waals surface area (Å²) in [5.41, 5.74) is -1.23. The number of furan rings is 1. The molecule has 6 heteroatoms. The molecule has 20 heavy (non-hydrogen) atoms. The van der Waals surface area contributed by atoms with Gasteiger partial charge in [0.25, 0.3) is 5.91 Å². The summed E-state index contributed by atoms with van der Waals surface area (Å²) in [6, 6.07) is 3.37. The van der Waals surface area contributed by atoms with E-state index in [1.807, 2.05) is 13.8 Å². The van der Waals surface area contributed by atoms with E-state index >= 15 is 0 Å². The summed E-state index contributed by atoms with van der Waals surface area (Å²) in [7, 11) is 0. The van der Waals surface area contributed by atoms with E-state index in [9.17, 15) is 9.90 Å². The van der Waals surface area contributed by atoms with Crippen LogP contribution >= 0.6 is 11.3 Å². The monoisotopic (exact) mass is 294 g/mol. The molecule has 0 aliphatic rings. The maximum atomic E-state index is 12.0. The third-order valence-electron chi connectivity index (χ3n) is 2.89. The van der Waals surface area contributed by atoms with Gasteiger partial charge in [-0.25, -0.2) is 4.98 Å². The van der Waals surface area contributed by atoms with Crippen molar-refractivity contribution in [2.45, 2.75) is 32.3 Å². The van der Waals surface area contributed by atoms with Crippen LogP contribution in [0.2, 0.25) is 0 Å². The minimum Gasteiger partial charge on any atom is -0.466 e. The molecule has 0 saturated carbocycles. The summed E-state index contributed by atoms with van der Waals surface area (Å²) in [4.78, 5) is 16.8. The zero-order valence-electron chi connectivity index (χ0n) is 11.7. The highest BCUT2D eigenvalue weighted by Gasteiger charge is 2.27. The fourth-order valence-corrected chi connectivity index (χ4v) is 2.51. The van der Waals surface area contributed by atoms with Gasteiger partial charge in [-0.1, -0.05) is 13.8 Å². The van der Waals surface area contributed by atoms with Gasteiger partial charge in [-0.05, 0) is 19.1 Å². The quantitative estimate of drug-likeness (QED) is 0.888. The van der Waals surface area contributed by atoms with Gasteiger partial charge >= 0.3 is 0 Å². The average Bonchev–Trinajstić information content (AvgIpc) is 3.06. The molecule has 0 saturated heterocycles. The molecule has 2 N–H and O–H groups in total. The number of rotatable bonds is 5. The van der Waals surface area contributed by atoms with E-state index in [-0.39, 0.29) is 12.5 Å². The Labute approximate surface area is 121 Å². The van der Waals surface area contributed by atoms with Crippen LogP contribution in [0.25, 0.3) is 0 Å². The lowest BCUT2D eigenvalue weighted by atomic mass is 10.0. The Bertz CT molecular complexity index is 573. The third kappa shape index (κ3) is 3.26. The predicted octanol–water partition coefficient (Wildman–Crippen LogP) is 2.50. The van der Waals surface area contributed by atoms with Gasteiger partial charge in [0.1, 0.15) is 16.2 Å². The Hall–Kier alpha value is -1.66. The van der Waals surface area contributed by atoms with Gasteiger partial charge in [-0.2, -0.15) is 0 Å². The third-order valence-corrected chi connectivity index (χ3v) is 4.18. The van der Waals surface area contributed by atoms with Crippen molar-refractivity contribution in [3.63, 3.8) is 0 Å². The second kappa shape index (κ2) is 5.76. The zero-order chi connectivity index (χ0) is 14.8. The summed E-state index contributed by atoms with van der Waals surface area (Å²) >= 11 is 1.37. The van der Waals surface area contributed by atoms with Gasteiger partial charge in [0.15, 0.2) is 0 Å². The molecule has 0 aromatic carbocycles. The largest absolute Gasteiger partial charge is 0.466 e. The molecule has 1 atom stereocenters. The van der Waals surface area contributed by atoms with Crippen molar-refractivity contribution in [2.75, 3.05) is 6.54 Å². The van der Waals surface area contributed by atoms with Crippen molar-refractivity contribution in [3.05, 3.63) is 40.2 Å². The Balaban J connectivity index is 1.98. The number of aliphatic hydroxyl groups is 1. The Morgan fingerprint density at radius 3 is 2.90 bits per heavy atom. The van der Waals surface area contributed by atoms with E-state index in [0.717, 1.165) is 5.01 Å². The van der Waals surface area contributed by atoms with Crippen molar-refractivity contribution in [1.82, 2.24) is 10.3 Å². The van der Waals surface area contributed by atoms with Gasteiger partial charge in [0.2, 0.25) is 0 Å². The van der Waals surface area contributed by atoms with Gasteiger partial charge in [-0.15, -0.1) is 11.3 Å². The second-order valence-corrected chi connectivity index (χ2v) is 6.21. The molecule has 2 rings (SSSR count). The van der Waals surface area contributed by atoms with Gasteiger partial charge in [-0.3, -0.25) is 4.79 Å². The number of carbonyl (C=O) groups is 1. The maximum Gasteiger partial charge on any atom is 0.263 e. The molecule has 1 unspecified atom stereocenters. The molecule has 0 aliphatic heterocycles. The predicted molar refractivity (Wildman–Crippen MR) is 76.8 cm³/mol. The first kappa shape index (κ1) is 14.7. The van der Waals surface area contributed by atoms with Crippen molar-refractivity contribution in [3.8, 4) is 0 Å². The van der Waals surface area contributed by atoms with Crippen LogP contribution in [0, 0.1) is 0 Å². The molecule has 1 amide bonds. The number of hydrogen-bond acceptors (Lipinski definition) is 5. The minimum absolute atomic E-state index is 0.0776. The number of amides is 1. The molecular formula is C14H18N2O3S. The van der Waals surface area contributed by atoms with E-state index in [0.29, 0.717) is 16.6 Å². The van der Waals surface area contributed by atoms with Gasteiger partial charge in [0.05, 0.1) is 24.0 Å². The smallest absolute Gasteiger partial charge is 0.263 e. The van der Waals surface area contributed by atoms with Crippen LogP contribution in [0.5, 0.6) is 0 Å². The normalized spacial score (nSPS) is 14.2. The summed E-state index contributed by atoms with van der Waals surface area (Å²) in [6.45, 7) is 5.73. The molecule has 0 spiro atoms. The average molecular weight is 294 g/mol. The molecule has 5 nitrogen and oxygen atoms in total. The molecule has 0 bridgehead atoms. The Morgan fingerprint density at radius 1 is 1.60 bits per heavy atom. The van der Waals surface area contributed by atoms with Crippen LogP contribution in [-0.2, 0) is 5.60 Å². The highest BCUT2D eigenvalue weighted by molar-refractivity contribution is 7.13. The molecule has 0 aliphatic carbocycles. The first-order chi connectivity index (χ1) is 9.40. The van der Waals surface area contributed by atoms with E-state index in [4.69, 9.17) is 4.42 Å². The van der Waals surface area contributed by atoms with Crippen LogP contribution in [-0.4, -0.2) is 22.5 Å². The van der Waals surface area contributed by atoms with Crippen LogP contribution in [0.1, 0.15) is 47.1 Å². The number of nitrogens with zero attached hydrogens (tertiary/aromatic N) is 1. The van der Waals surface area contributed by atoms with Crippen molar-refractivity contribution in [1.29, 1.82) is 0 Å². The first-order valence-electron chi connectivity index (χ1n) is 6.40. The van der Waals surface area contributed by atoms with E-state index in [1.165, 1.54) is 17.6 Å². The lowest BCUT2D eigenvalue weighted by Gasteiger charge is -2.20. The molecule has 2 heterocycles. The summed E-state index contributed by atoms with van der Waals surface area (Å²) in [5.74, 6) is 0.485. The minimum atomic E-state index is -1.23. The Morgan fingerprint density at radius 2 is 2.35 bits per heavy atom. The first-order valence-corrected chi connectivity index (χ1v) is 7.22. The Kier molecular flexibility index (Phi) is 4.25. The summed E-state index contributed by atoms with van der Waals surface area (Å²) in [5, 5.41) is 13.9. The van der Waals surface area contributed by atoms with Crippen LogP contribution in [0.15, 0.2) is 29.0 Å². The van der Waals surface area contributed by atoms with Crippen LogP contribution < -0.4 is 5.32 Å². The second-order valence-electron chi connectivity index (χ2n) is 5.15. The fourth-order valence-electron chi connectivity index (χ4n) is 1.67. The highest BCUT2D eigenvalue weighted by atomic mass is 32.1. The lowest BCUT2D eigenvalue weighted by Crippen LogP contribution is -2.38. The number of nitrogens with one attached hydrogen (secondary N) is 1. The molecule has 0 radical (unpaired) electrons. The highest BCUT2D eigenvalue weighted by Crippen LogP contribution is 2.22. The number of thiazole rings is 1. The van der Waals surface area contributed by atoms with E-state index in [2.05, 4.69) is 10.3 Å². The van der Waals surface area contributed by atoms with E-state index in [1.54, 1.807) is 25.3 Å². The molecule has 2 aromatic heterocycles. The molecular weight excluding hydrogens is 276 g/mol. The number of aromatic nitrogens is 1. The maximum absolute atomic E-state index is 12.0. The van der Waals surface area contributed by atoms with Crippen molar-refractivity contribution in [2.24, 2.45) is 0 Å². The SMILES string of the molecule is CC(C)c1ncc(C(=O)NCC(C)(O)c2ccco2)s1. The molecule has 0 fully saturated rings. The summed E-state index contributed by atoms with van der Waals surface area (Å²) in [6.07, 6.45) is 3.06. The lowest BCUT2D eigenvalue weighted by molar-refractivity contribution is 0.0331. The molecule has 108 valence electrons. The standard InChI is InChI=1S/C14H18N2O3S/c1-9(2)13-15-7-10(20-13)12(17)16-8-14(3,18)11-5-4-6-19-11/h4-7,9,18H,8H2,1-3H3,(H,16,17). The number of carbonyl (C=O) groups excluding carboxylic acids is 1. The fraction of sp³-hybridized carbons (Fsp3) is 0.429.